The number of amides is 1. The van der Waals surface area contributed by atoms with Crippen LogP contribution in [0.4, 0.5) is 0 Å². The first kappa shape index (κ1) is 11.8. The first-order valence-electron chi connectivity index (χ1n) is 4.91. The lowest BCUT2D eigenvalue weighted by Crippen LogP contribution is -2.44. The van der Waals surface area contributed by atoms with Gasteiger partial charge in [-0.25, -0.2) is 0 Å². The van der Waals surface area contributed by atoms with Crippen molar-refractivity contribution in [2.75, 3.05) is 0 Å². The summed E-state index contributed by atoms with van der Waals surface area (Å²) in [5, 5.41) is 4.82. The molecule has 80 valence electrons. The summed E-state index contributed by atoms with van der Waals surface area (Å²) in [6.45, 7) is 3.82. The summed E-state index contributed by atoms with van der Waals surface area (Å²) in [4.78, 5) is 12.7. The van der Waals surface area contributed by atoms with E-state index in [0.717, 1.165) is 11.3 Å². The molecule has 2 nitrogen and oxygen atoms in total. The number of hydrogen-bond donors (Lipinski definition) is 1. The van der Waals surface area contributed by atoms with Crippen LogP contribution in [0.2, 0.25) is 0 Å². The van der Waals surface area contributed by atoms with Gasteiger partial charge in [0.25, 0.3) is 0 Å². The molecule has 0 radical (unpaired) electrons. The van der Waals surface area contributed by atoms with Crippen molar-refractivity contribution < 1.29 is 4.79 Å². The maximum absolute atomic E-state index is 11.6. The van der Waals surface area contributed by atoms with Crippen LogP contribution >= 0.6 is 11.3 Å². The fraction of sp³-hybridized carbons (Fsp3) is 0.417. The van der Waals surface area contributed by atoms with E-state index in [1.807, 2.05) is 31.4 Å². The molecule has 3 heteroatoms. The molecule has 0 aliphatic heterocycles. The van der Waals surface area contributed by atoms with Gasteiger partial charge in [-0.2, -0.15) is 0 Å². The van der Waals surface area contributed by atoms with E-state index in [2.05, 4.69) is 11.2 Å². The predicted octanol–water partition coefficient (Wildman–Crippen LogP) is 2.21. The van der Waals surface area contributed by atoms with Gasteiger partial charge in [-0.3, -0.25) is 4.79 Å². The summed E-state index contributed by atoms with van der Waals surface area (Å²) < 4.78 is 0. The molecule has 0 saturated carbocycles. The van der Waals surface area contributed by atoms with Gasteiger partial charge in [0.2, 0.25) is 5.91 Å². The molecule has 0 bridgehead atoms. The van der Waals surface area contributed by atoms with Crippen LogP contribution < -0.4 is 5.32 Å². The Labute approximate surface area is 94.7 Å². The Balaban J connectivity index is 2.53. The Hall–Kier alpha value is -1.27. The molecular formula is C12H15NOS. The van der Waals surface area contributed by atoms with Crippen molar-refractivity contribution in [3.63, 3.8) is 0 Å². The second-order valence-corrected chi connectivity index (χ2v) is 4.67. The van der Waals surface area contributed by atoms with E-state index < -0.39 is 5.54 Å². The Morgan fingerprint density at radius 3 is 2.93 bits per heavy atom. The van der Waals surface area contributed by atoms with Crippen LogP contribution in [0.5, 0.6) is 0 Å². The molecule has 1 heterocycles. The highest BCUT2D eigenvalue weighted by Crippen LogP contribution is 2.11. The van der Waals surface area contributed by atoms with E-state index in [1.165, 1.54) is 0 Å². The van der Waals surface area contributed by atoms with Crippen LogP contribution in [0.25, 0.3) is 0 Å². The molecule has 0 spiro atoms. The molecule has 0 saturated heterocycles. The van der Waals surface area contributed by atoms with Gasteiger partial charge in [0.15, 0.2) is 0 Å². The quantitative estimate of drug-likeness (QED) is 0.776. The third-order valence-electron chi connectivity index (χ3n) is 2.36. The molecule has 1 aromatic rings. The molecule has 0 aliphatic rings. The Bertz CT molecular complexity index is 363. The van der Waals surface area contributed by atoms with Gasteiger partial charge >= 0.3 is 0 Å². The second-order valence-electron chi connectivity index (χ2n) is 3.63. The molecular weight excluding hydrogens is 206 g/mol. The lowest BCUT2D eigenvalue weighted by molar-refractivity contribution is -0.121. The monoisotopic (exact) mass is 221 g/mol. The van der Waals surface area contributed by atoms with E-state index in [9.17, 15) is 4.79 Å². The van der Waals surface area contributed by atoms with Crippen molar-refractivity contribution in [2.24, 2.45) is 0 Å². The van der Waals surface area contributed by atoms with E-state index in [-0.39, 0.29) is 5.91 Å². The van der Waals surface area contributed by atoms with Crippen molar-refractivity contribution in [1.29, 1.82) is 0 Å². The molecule has 15 heavy (non-hydrogen) atoms. The third kappa shape index (κ3) is 3.41. The smallest absolute Gasteiger partial charge is 0.226 e. The number of nitrogens with one attached hydrogen (secondary N) is 1. The third-order valence-corrected chi connectivity index (χ3v) is 3.23. The predicted molar refractivity (Wildman–Crippen MR) is 63.7 cm³/mol. The Morgan fingerprint density at radius 1 is 1.73 bits per heavy atom. The highest BCUT2D eigenvalue weighted by atomic mass is 32.1. The summed E-state index contributed by atoms with van der Waals surface area (Å²) in [5.74, 6) is 2.60. The van der Waals surface area contributed by atoms with Crippen LogP contribution in [0.15, 0.2) is 17.5 Å². The average Bonchev–Trinajstić information content (AvgIpc) is 2.70. The zero-order valence-electron chi connectivity index (χ0n) is 9.04. The normalized spacial score (nSPS) is 13.9. The van der Waals surface area contributed by atoms with E-state index in [1.54, 1.807) is 11.3 Å². The summed E-state index contributed by atoms with van der Waals surface area (Å²) in [6, 6.07) is 3.89. The number of terminal acetylenes is 1. The zero-order chi connectivity index (χ0) is 11.3. The van der Waals surface area contributed by atoms with E-state index >= 15 is 0 Å². The molecule has 1 aromatic heterocycles. The van der Waals surface area contributed by atoms with Crippen LogP contribution in [0, 0.1) is 12.3 Å². The molecule has 1 amide bonds. The Kier molecular flexibility index (Phi) is 3.93. The van der Waals surface area contributed by atoms with Crippen LogP contribution in [0.3, 0.4) is 0 Å². The molecule has 1 rings (SSSR count). The van der Waals surface area contributed by atoms with E-state index in [4.69, 9.17) is 6.42 Å². The summed E-state index contributed by atoms with van der Waals surface area (Å²) >= 11 is 1.58. The summed E-state index contributed by atoms with van der Waals surface area (Å²) in [6.07, 6.45) is 6.52. The number of carbonyl (C=O) groups excluding carboxylic acids is 1. The van der Waals surface area contributed by atoms with Gasteiger partial charge < -0.3 is 5.32 Å². The fourth-order valence-corrected chi connectivity index (χ4v) is 1.85. The van der Waals surface area contributed by atoms with Crippen LogP contribution in [-0.4, -0.2) is 11.4 Å². The summed E-state index contributed by atoms with van der Waals surface area (Å²) in [7, 11) is 0. The maximum atomic E-state index is 11.6. The lowest BCUT2D eigenvalue weighted by Gasteiger charge is -2.23. The van der Waals surface area contributed by atoms with Crippen molar-refractivity contribution in [2.45, 2.75) is 32.2 Å². The van der Waals surface area contributed by atoms with Gasteiger partial charge in [0.1, 0.15) is 0 Å². The van der Waals surface area contributed by atoms with Gasteiger partial charge in [0, 0.05) is 4.88 Å². The van der Waals surface area contributed by atoms with Crippen molar-refractivity contribution in [3.05, 3.63) is 22.4 Å². The number of carbonyl (C=O) groups is 1. The zero-order valence-corrected chi connectivity index (χ0v) is 9.86. The topological polar surface area (TPSA) is 29.1 Å². The fourth-order valence-electron chi connectivity index (χ4n) is 1.15. The van der Waals surface area contributed by atoms with E-state index in [0.29, 0.717) is 6.42 Å². The van der Waals surface area contributed by atoms with Crippen molar-refractivity contribution in [3.8, 4) is 12.3 Å². The maximum Gasteiger partial charge on any atom is 0.226 e. The van der Waals surface area contributed by atoms with Gasteiger partial charge in [0.05, 0.1) is 12.0 Å². The molecule has 0 aromatic carbocycles. The van der Waals surface area contributed by atoms with Crippen molar-refractivity contribution in [1.82, 2.24) is 5.32 Å². The van der Waals surface area contributed by atoms with Gasteiger partial charge in [-0.1, -0.05) is 18.9 Å². The number of rotatable bonds is 4. The molecule has 1 unspecified atom stereocenters. The van der Waals surface area contributed by atoms with Gasteiger partial charge in [-0.15, -0.1) is 17.8 Å². The molecule has 1 N–H and O–H groups in total. The second kappa shape index (κ2) is 4.99. The minimum Gasteiger partial charge on any atom is -0.340 e. The number of thiophene rings is 1. The largest absolute Gasteiger partial charge is 0.340 e. The minimum absolute atomic E-state index is 0.0141. The van der Waals surface area contributed by atoms with Gasteiger partial charge in [-0.05, 0) is 24.8 Å². The van der Waals surface area contributed by atoms with Crippen LogP contribution in [-0.2, 0) is 11.2 Å². The summed E-state index contributed by atoms with van der Waals surface area (Å²) in [5.41, 5.74) is -0.520. The van der Waals surface area contributed by atoms with Crippen LogP contribution in [0.1, 0.15) is 25.1 Å². The highest BCUT2D eigenvalue weighted by molar-refractivity contribution is 7.10. The minimum atomic E-state index is -0.520. The SMILES string of the molecule is C#CC(C)(CC)NC(=O)Cc1cccs1. The van der Waals surface area contributed by atoms with Crippen molar-refractivity contribution >= 4 is 17.2 Å². The highest BCUT2D eigenvalue weighted by Gasteiger charge is 2.20. The Morgan fingerprint density at radius 2 is 2.47 bits per heavy atom. The lowest BCUT2D eigenvalue weighted by atomic mass is 10.00. The first-order valence-corrected chi connectivity index (χ1v) is 5.79. The first-order chi connectivity index (χ1) is 7.09. The molecule has 0 fully saturated rings. The molecule has 0 aliphatic carbocycles. The molecule has 1 atom stereocenters. The number of hydrogen-bond acceptors (Lipinski definition) is 2. The standard InChI is InChI=1S/C12H15NOS/c1-4-12(3,5-2)13-11(14)9-10-7-6-8-15-10/h1,6-8H,5,9H2,2-3H3,(H,13,14). The average molecular weight is 221 g/mol.